The molecule has 0 aliphatic carbocycles. The molecule has 0 spiro atoms. The molecular weight excluding hydrogens is 480 g/mol. The van der Waals surface area contributed by atoms with Crippen molar-refractivity contribution in [3.05, 3.63) is 42.1 Å². The minimum Gasteiger partial charge on any atom is -0.477 e. The van der Waals surface area contributed by atoms with Gasteiger partial charge in [-0.25, -0.2) is 9.20 Å². The van der Waals surface area contributed by atoms with Gasteiger partial charge in [0, 0.05) is 19.2 Å². The van der Waals surface area contributed by atoms with E-state index in [1.54, 1.807) is 29.2 Å². The van der Waals surface area contributed by atoms with Gasteiger partial charge in [0.25, 0.3) is 5.91 Å². The van der Waals surface area contributed by atoms with Crippen LogP contribution < -0.4 is 15.4 Å². The first-order valence-corrected chi connectivity index (χ1v) is 12.7. The highest BCUT2D eigenvalue weighted by atomic mass is 32.1. The van der Waals surface area contributed by atoms with E-state index in [1.165, 1.54) is 11.3 Å². The summed E-state index contributed by atoms with van der Waals surface area (Å²) in [4.78, 5) is 34.0. The van der Waals surface area contributed by atoms with Gasteiger partial charge in [0.2, 0.25) is 11.8 Å². The average molecular weight is 507 g/mol. The van der Waals surface area contributed by atoms with Gasteiger partial charge >= 0.3 is 0 Å². The maximum absolute atomic E-state index is 13.2. The maximum atomic E-state index is 13.2. The van der Waals surface area contributed by atoms with Gasteiger partial charge in [-0.3, -0.25) is 19.5 Å². The molecule has 186 valence electrons. The van der Waals surface area contributed by atoms with Crippen LogP contribution in [-0.4, -0.2) is 67.3 Å². The quantitative estimate of drug-likeness (QED) is 0.427. The summed E-state index contributed by atoms with van der Waals surface area (Å²) in [6.45, 7) is 4.22. The zero-order valence-corrected chi connectivity index (χ0v) is 20.8. The Bertz CT molecular complexity index is 1470. The van der Waals surface area contributed by atoms with Crippen LogP contribution in [0.5, 0.6) is 5.88 Å². The van der Waals surface area contributed by atoms with Crippen LogP contribution in [0, 0.1) is 6.92 Å². The fourth-order valence-corrected chi connectivity index (χ4v) is 5.75. The van der Waals surface area contributed by atoms with Crippen LogP contribution in [0.4, 0.5) is 11.4 Å². The summed E-state index contributed by atoms with van der Waals surface area (Å²) in [5.41, 5.74) is 3.08. The molecule has 11 nitrogen and oxygen atoms in total. The molecule has 0 bridgehead atoms. The number of ether oxygens (including phenoxy) is 1. The molecule has 4 aromatic heterocycles. The van der Waals surface area contributed by atoms with Gasteiger partial charge in [0.1, 0.15) is 4.83 Å². The monoisotopic (exact) mass is 506 g/mol. The molecule has 1 unspecified atom stereocenters. The van der Waals surface area contributed by atoms with Crippen LogP contribution in [0.3, 0.4) is 0 Å². The highest BCUT2D eigenvalue weighted by molar-refractivity contribution is 7.21. The number of nitrogens with zero attached hydrogens (tertiary/aromatic N) is 6. The maximum Gasteiger partial charge on any atom is 0.260 e. The van der Waals surface area contributed by atoms with Gasteiger partial charge < -0.3 is 15.4 Å². The second kappa shape index (κ2) is 9.03. The second-order valence-electron chi connectivity index (χ2n) is 9.13. The number of aromatic nitrogens is 5. The number of anilines is 2. The van der Waals surface area contributed by atoms with Crippen molar-refractivity contribution in [3.63, 3.8) is 0 Å². The van der Waals surface area contributed by atoms with Crippen molar-refractivity contribution in [1.29, 1.82) is 0 Å². The lowest BCUT2D eigenvalue weighted by molar-refractivity contribution is -0.119. The predicted molar refractivity (Wildman–Crippen MR) is 136 cm³/mol. The number of carbonyl (C=O) groups is 2. The normalized spacial score (nSPS) is 17.7. The third-order valence-corrected chi connectivity index (χ3v) is 7.82. The van der Waals surface area contributed by atoms with E-state index in [9.17, 15) is 9.59 Å². The second-order valence-corrected chi connectivity index (χ2v) is 10.2. The smallest absolute Gasteiger partial charge is 0.260 e. The lowest BCUT2D eigenvalue weighted by atomic mass is 10.2. The molecule has 2 amide bonds. The van der Waals surface area contributed by atoms with E-state index in [0.717, 1.165) is 53.5 Å². The van der Waals surface area contributed by atoms with Crippen LogP contribution in [0.2, 0.25) is 0 Å². The largest absolute Gasteiger partial charge is 0.477 e. The molecule has 1 saturated heterocycles. The molecule has 4 aromatic rings. The predicted octanol–water partition coefficient (Wildman–Crippen LogP) is 3.03. The zero-order valence-electron chi connectivity index (χ0n) is 20.0. The van der Waals surface area contributed by atoms with Crippen molar-refractivity contribution in [2.75, 3.05) is 30.8 Å². The highest BCUT2D eigenvalue weighted by Crippen LogP contribution is 2.37. The molecule has 1 atom stereocenters. The Morgan fingerprint density at radius 3 is 2.86 bits per heavy atom. The van der Waals surface area contributed by atoms with Crippen molar-refractivity contribution in [2.24, 2.45) is 0 Å². The Balaban J connectivity index is 1.22. The molecule has 0 aromatic carbocycles. The number of likely N-dealkylation sites (N-methyl/N-ethyl adjacent to an activating group) is 1. The van der Waals surface area contributed by atoms with Gasteiger partial charge in [-0.15, -0.1) is 11.3 Å². The summed E-state index contributed by atoms with van der Waals surface area (Å²) in [6, 6.07) is 1.59. The molecule has 2 aliphatic rings. The number of fused-ring (bicyclic) bond motifs is 2. The summed E-state index contributed by atoms with van der Waals surface area (Å²) in [5, 5.41) is 14.7. The van der Waals surface area contributed by atoms with Gasteiger partial charge in [-0.1, -0.05) is 0 Å². The Labute approximate surface area is 211 Å². The summed E-state index contributed by atoms with van der Waals surface area (Å²) >= 11 is 1.46. The number of hydrogen-bond acceptors (Lipinski definition) is 8. The van der Waals surface area contributed by atoms with Crippen LogP contribution in [0.25, 0.3) is 15.3 Å². The standard InChI is InChI=1S/C24H26N8O3S/c1-14-18(9-15(10-25-14)28-22(34)19-5-3-6-30(19)2)29-21(33)17-12-27-32-13-20(36-24(17)32)16-11-26-31-7-4-8-35-23(16)31/h9-13,19H,3-8H2,1-2H3,(H,28,34)(H,29,33). The number of likely N-dealkylation sites (tertiary alicyclic amines) is 1. The van der Waals surface area contributed by atoms with Crippen LogP contribution in [0.15, 0.2) is 30.9 Å². The third-order valence-electron chi connectivity index (χ3n) is 6.68. The first-order chi connectivity index (χ1) is 17.5. The summed E-state index contributed by atoms with van der Waals surface area (Å²) < 4.78 is 9.39. The Morgan fingerprint density at radius 1 is 1.14 bits per heavy atom. The number of nitrogens with one attached hydrogen (secondary N) is 2. The van der Waals surface area contributed by atoms with E-state index in [0.29, 0.717) is 29.2 Å². The van der Waals surface area contributed by atoms with Crippen molar-refractivity contribution < 1.29 is 14.3 Å². The van der Waals surface area contributed by atoms with Crippen molar-refractivity contribution in [3.8, 4) is 16.3 Å². The van der Waals surface area contributed by atoms with Crippen molar-refractivity contribution in [1.82, 2.24) is 29.3 Å². The third kappa shape index (κ3) is 4.01. The number of thiazole rings is 1. The molecule has 6 heterocycles. The van der Waals surface area contributed by atoms with Gasteiger partial charge in [0.05, 0.1) is 64.3 Å². The van der Waals surface area contributed by atoms with Gasteiger partial charge in [0.15, 0.2) is 0 Å². The fourth-order valence-electron chi connectivity index (χ4n) is 4.69. The molecule has 36 heavy (non-hydrogen) atoms. The molecule has 2 aliphatic heterocycles. The van der Waals surface area contributed by atoms with E-state index in [-0.39, 0.29) is 17.9 Å². The van der Waals surface area contributed by atoms with Crippen LogP contribution in [-0.2, 0) is 11.3 Å². The molecular formula is C24H26N8O3S. The van der Waals surface area contributed by atoms with Crippen molar-refractivity contribution >= 4 is 39.4 Å². The number of amides is 2. The van der Waals surface area contributed by atoms with Crippen LogP contribution in [0.1, 0.15) is 35.3 Å². The molecule has 1 fully saturated rings. The highest BCUT2D eigenvalue weighted by Gasteiger charge is 2.28. The SMILES string of the molecule is Cc1ncc(NC(=O)C2CCCN2C)cc1NC(=O)c1cnn2cc(-c3cnn4c3OCCC4)sc12. The topological polar surface area (TPSA) is 119 Å². The molecule has 2 N–H and O–H groups in total. The average Bonchev–Trinajstić information content (AvgIpc) is 3.64. The van der Waals surface area contributed by atoms with E-state index < -0.39 is 0 Å². The fraction of sp³-hybridized carbons (Fsp3) is 0.375. The number of rotatable bonds is 5. The molecule has 12 heteroatoms. The van der Waals surface area contributed by atoms with E-state index in [1.807, 2.05) is 29.7 Å². The molecule has 0 radical (unpaired) electrons. The zero-order chi connectivity index (χ0) is 24.8. The minimum atomic E-state index is -0.296. The van der Waals surface area contributed by atoms with Crippen molar-refractivity contribution in [2.45, 2.75) is 38.8 Å². The summed E-state index contributed by atoms with van der Waals surface area (Å²) in [6.07, 6.45) is 9.61. The first kappa shape index (κ1) is 22.7. The molecule has 6 rings (SSSR count). The lowest BCUT2D eigenvalue weighted by Crippen LogP contribution is -2.37. The van der Waals surface area contributed by atoms with Crippen LogP contribution >= 0.6 is 11.3 Å². The molecule has 0 saturated carbocycles. The van der Waals surface area contributed by atoms with Gasteiger partial charge in [-0.2, -0.15) is 10.2 Å². The Morgan fingerprint density at radius 2 is 2.03 bits per heavy atom. The first-order valence-electron chi connectivity index (χ1n) is 11.9. The number of carbonyl (C=O) groups excluding carboxylic acids is 2. The van der Waals surface area contributed by atoms with E-state index in [4.69, 9.17) is 4.74 Å². The summed E-state index contributed by atoms with van der Waals surface area (Å²) in [5.74, 6) is 0.394. The van der Waals surface area contributed by atoms with E-state index in [2.05, 4.69) is 25.8 Å². The van der Waals surface area contributed by atoms with Gasteiger partial charge in [-0.05, 0) is 39.4 Å². The van der Waals surface area contributed by atoms with E-state index >= 15 is 0 Å². The summed E-state index contributed by atoms with van der Waals surface area (Å²) in [7, 11) is 1.95. The Hall–Kier alpha value is -3.77. The number of pyridine rings is 1. The minimum absolute atomic E-state index is 0.0614. The number of hydrogen-bond donors (Lipinski definition) is 2. The Kier molecular flexibility index (Phi) is 5.69. The number of aryl methyl sites for hydroxylation is 2. The lowest BCUT2D eigenvalue weighted by Gasteiger charge is -2.19.